The highest BCUT2D eigenvalue weighted by molar-refractivity contribution is 5.52. The summed E-state index contributed by atoms with van der Waals surface area (Å²) < 4.78 is 29.4. The Balaban J connectivity index is 2.20. The van der Waals surface area contributed by atoms with Gasteiger partial charge in [-0.3, -0.25) is 0 Å². The van der Waals surface area contributed by atoms with Gasteiger partial charge in [0, 0.05) is 18.2 Å². The van der Waals surface area contributed by atoms with Crippen LogP contribution in [0.15, 0.2) is 36.4 Å². The highest BCUT2D eigenvalue weighted by Gasteiger charge is 2.10. The molecule has 0 unspecified atom stereocenters. The van der Waals surface area contributed by atoms with E-state index in [1.807, 2.05) is 18.2 Å². The number of halogens is 1. The van der Waals surface area contributed by atoms with Crippen molar-refractivity contribution in [1.82, 2.24) is 0 Å². The van der Waals surface area contributed by atoms with E-state index in [9.17, 15) is 4.39 Å². The molecule has 0 aromatic heterocycles. The topological polar surface area (TPSA) is 39.7 Å². The number of para-hydroxylation sites is 1. The molecule has 0 radical (unpaired) electrons. The third-order valence-electron chi connectivity index (χ3n) is 3.13. The van der Waals surface area contributed by atoms with Crippen molar-refractivity contribution in [2.75, 3.05) is 26.6 Å². The van der Waals surface area contributed by atoms with E-state index in [0.29, 0.717) is 29.5 Å². The standard InChI is InChI=1S/C16H18FNO3/c1-19-12-7-8-13(17)14(9-12)18-10-11-5-4-6-15(20-2)16(11)21-3/h4-9,18H,10H2,1-3H3. The Morgan fingerprint density at radius 2 is 1.81 bits per heavy atom. The summed E-state index contributed by atoms with van der Waals surface area (Å²) in [5, 5.41) is 3.04. The quantitative estimate of drug-likeness (QED) is 0.884. The average Bonchev–Trinajstić information content (AvgIpc) is 2.53. The van der Waals surface area contributed by atoms with Crippen molar-refractivity contribution >= 4 is 5.69 Å². The molecule has 0 heterocycles. The molecule has 0 bridgehead atoms. The van der Waals surface area contributed by atoms with Crippen LogP contribution in [0.5, 0.6) is 17.2 Å². The number of methoxy groups -OCH3 is 3. The van der Waals surface area contributed by atoms with Crippen LogP contribution >= 0.6 is 0 Å². The predicted molar refractivity (Wildman–Crippen MR) is 79.8 cm³/mol. The zero-order valence-electron chi connectivity index (χ0n) is 12.3. The summed E-state index contributed by atoms with van der Waals surface area (Å²) in [5.74, 6) is 1.54. The third-order valence-corrected chi connectivity index (χ3v) is 3.13. The molecule has 0 fully saturated rings. The maximum Gasteiger partial charge on any atom is 0.165 e. The Morgan fingerprint density at radius 3 is 2.48 bits per heavy atom. The molecule has 0 aliphatic heterocycles. The summed E-state index contributed by atoms with van der Waals surface area (Å²) >= 11 is 0. The van der Waals surface area contributed by atoms with Crippen LogP contribution in [0.3, 0.4) is 0 Å². The molecule has 0 amide bonds. The van der Waals surface area contributed by atoms with Gasteiger partial charge in [-0.1, -0.05) is 12.1 Å². The van der Waals surface area contributed by atoms with E-state index in [-0.39, 0.29) is 5.82 Å². The number of anilines is 1. The first kappa shape index (κ1) is 15.0. The number of nitrogens with one attached hydrogen (secondary N) is 1. The fourth-order valence-electron chi connectivity index (χ4n) is 2.05. The van der Waals surface area contributed by atoms with E-state index >= 15 is 0 Å². The molecule has 4 nitrogen and oxygen atoms in total. The molecular formula is C16H18FNO3. The van der Waals surface area contributed by atoms with Gasteiger partial charge in [0.1, 0.15) is 11.6 Å². The lowest BCUT2D eigenvalue weighted by Gasteiger charge is -2.14. The minimum Gasteiger partial charge on any atom is -0.497 e. The first-order valence-electron chi connectivity index (χ1n) is 6.47. The van der Waals surface area contributed by atoms with Crippen LogP contribution in [-0.4, -0.2) is 21.3 Å². The predicted octanol–water partition coefficient (Wildman–Crippen LogP) is 3.46. The van der Waals surface area contributed by atoms with E-state index in [2.05, 4.69) is 5.32 Å². The van der Waals surface area contributed by atoms with Gasteiger partial charge in [0.2, 0.25) is 0 Å². The molecule has 21 heavy (non-hydrogen) atoms. The smallest absolute Gasteiger partial charge is 0.165 e. The Kier molecular flexibility index (Phi) is 4.87. The molecule has 0 saturated heterocycles. The van der Waals surface area contributed by atoms with Gasteiger partial charge in [-0.05, 0) is 18.2 Å². The minimum atomic E-state index is -0.335. The lowest BCUT2D eigenvalue weighted by Crippen LogP contribution is -2.04. The fourth-order valence-corrected chi connectivity index (χ4v) is 2.05. The van der Waals surface area contributed by atoms with Gasteiger partial charge in [-0.25, -0.2) is 4.39 Å². The molecule has 0 atom stereocenters. The monoisotopic (exact) mass is 291 g/mol. The van der Waals surface area contributed by atoms with Gasteiger partial charge in [0.15, 0.2) is 11.5 Å². The van der Waals surface area contributed by atoms with Crippen LogP contribution < -0.4 is 19.5 Å². The van der Waals surface area contributed by atoms with Crippen LogP contribution in [0.4, 0.5) is 10.1 Å². The summed E-state index contributed by atoms with van der Waals surface area (Å²) in [4.78, 5) is 0. The van der Waals surface area contributed by atoms with Crippen LogP contribution in [0, 0.1) is 5.82 Å². The molecular weight excluding hydrogens is 273 g/mol. The molecule has 5 heteroatoms. The summed E-state index contributed by atoms with van der Waals surface area (Å²) in [7, 11) is 4.70. The summed E-state index contributed by atoms with van der Waals surface area (Å²) in [6.07, 6.45) is 0. The SMILES string of the molecule is COc1ccc(F)c(NCc2cccc(OC)c2OC)c1. The van der Waals surface area contributed by atoms with Crippen LogP contribution in [-0.2, 0) is 6.54 Å². The number of ether oxygens (including phenoxy) is 3. The van der Waals surface area contributed by atoms with Crippen LogP contribution in [0.2, 0.25) is 0 Å². The Hall–Kier alpha value is -2.43. The first-order chi connectivity index (χ1) is 10.2. The molecule has 2 aromatic carbocycles. The largest absolute Gasteiger partial charge is 0.497 e. The normalized spacial score (nSPS) is 10.1. The van der Waals surface area contributed by atoms with E-state index in [1.54, 1.807) is 33.5 Å². The maximum absolute atomic E-state index is 13.8. The minimum absolute atomic E-state index is 0.335. The van der Waals surface area contributed by atoms with Gasteiger partial charge >= 0.3 is 0 Å². The highest BCUT2D eigenvalue weighted by Crippen LogP contribution is 2.31. The zero-order chi connectivity index (χ0) is 15.2. The molecule has 0 aliphatic rings. The molecule has 2 aromatic rings. The van der Waals surface area contributed by atoms with E-state index in [0.717, 1.165) is 5.56 Å². The Morgan fingerprint density at radius 1 is 1.00 bits per heavy atom. The maximum atomic E-state index is 13.8. The average molecular weight is 291 g/mol. The van der Waals surface area contributed by atoms with Crippen molar-refractivity contribution in [3.8, 4) is 17.2 Å². The van der Waals surface area contributed by atoms with Crippen molar-refractivity contribution in [2.45, 2.75) is 6.54 Å². The van der Waals surface area contributed by atoms with Crippen LogP contribution in [0.25, 0.3) is 0 Å². The lowest BCUT2D eigenvalue weighted by molar-refractivity contribution is 0.352. The summed E-state index contributed by atoms with van der Waals surface area (Å²) in [6, 6.07) is 10.1. The van der Waals surface area contributed by atoms with Gasteiger partial charge in [0.05, 0.1) is 27.0 Å². The number of benzene rings is 2. The fraction of sp³-hybridized carbons (Fsp3) is 0.250. The zero-order valence-corrected chi connectivity index (χ0v) is 12.3. The number of hydrogen-bond acceptors (Lipinski definition) is 4. The lowest BCUT2D eigenvalue weighted by atomic mass is 10.1. The second-order valence-electron chi connectivity index (χ2n) is 4.35. The molecule has 0 spiro atoms. The van der Waals surface area contributed by atoms with Crippen molar-refractivity contribution < 1.29 is 18.6 Å². The second-order valence-corrected chi connectivity index (χ2v) is 4.35. The third kappa shape index (κ3) is 3.37. The Labute approximate surface area is 123 Å². The van der Waals surface area contributed by atoms with Crippen molar-refractivity contribution in [3.63, 3.8) is 0 Å². The second kappa shape index (κ2) is 6.83. The highest BCUT2D eigenvalue weighted by atomic mass is 19.1. The molecule has 0 aliphatic carbocycles. The molecule has 1 N–H and O–H groups in total. The number of rotatable bonds is 6. The molecule has 0 saturated carbocycles. The molecule has 112 valence electrons. The van der Waals surface area contributed by atoms with Crippen molar-refractivity contribution in [2.24, 2.45) is 0 Å². The van der Waals surface area contributed by atoms with Gasteiger partial charge in [-0.2, -0.15) is 0 Å². The van der Waals surface area contributed by atoms with E-state index in [1.165, 1.54) is 6.07 Å². The Bertz CT molecular complexity index is 616. The first-order valence-corrected chi connectivity index (χ1v) is 6.47. The van der Waals surface area contributed by atoms with Gasteiger partial charge in [-0.15, -0.1) is 0 Å². The summed E-state index contributed by atoms with van der Waals surface area (Å²) in [6.45, 7) is 0.407. The van der Waals surface area contributed by atoms with E-state index < -0.39 is 0 Å². The van der Waals surface area contributed by atoms with Crippen molar-refractivity contribution in [3.05, 3.63) is 47.8 Å². The number of hydrogen-bond donors (Lipinski definition) is 1. The summed E-state index contributed by atoms with van der Waals surface area (Å²) in [5.41, 5.74) is 1.25. The van der Waals surface area contributed by atoms with Crippen molar-refractivity contribution in [1.29, 1.82) is 0 Å². The van der Waals surface area contributed by atoms with Gasteiger partial charge < -0.3 is 19.5 Å². The van der Waals surface area contributed by atoms with Crippen LogP contribution in [0.1, 0.15) is 5.56 Å². The van der Waals surface area contributed by atoms with Gasteiger partial charge in [0.25, 0.3) is 0 Å². The van der Waals surface area contributed by atoms with E-state index in [4.69, 9.17) is 14.2 Å². The molecule has 2 rings (SSSR count).